The second-order valence-electron chi connectivity index (χ2n) is 5.83. The van der Waals surface area contributed by atoms with E-state index in [1.54, 1.807) is 12.1 Å². The quantitative estimate of drug-likeness (QED) is 0.841. The molecule has 1 N–H and O–H groups in total. The highest BCUT2D eigenvalue weighted by molar-refractivity contribution is 6.31. The first-order valence-corrected chi connectivity index (χ1v) is 7.11. The Hall–Kier alpha value is -0.740. The summed E-state index contributed by atoms with van der Waals surface area (Å²) in [6.07, 6.45) is -3.40. The van der Waals surface area contributed by atoms with Gasteiger partial charge in [0.05, 0.1) is 11.5 Å². The maximum atomic E-state index is 12.8. The van der Waals surface area contributed by atoms with Crippen molar-refractivity contribution >= 4 is 11.6 Å². The van der Waals surface area contributed by atoms with Crippen LogP contribution in [-0.4, -0.2) is 16.9 Å². The Morgan fingerprint density at radius 3 is 2.70 bits per heavy atom. The van der Waals surface area contributed by atoms with Crippen molar-refractivity contribution in [3.8, 4) is 0 Å². The van der Waals surface area contributed by atoms with Gasteiger partial charge in [-0.1, -0.05) is 23.7 Å². The van der Waals surface area contributed by atoms with Crippen LogP contribution in [-0.2, 0) is 6.42 Å². The maximum Gasteiger partial charge on any atom is 0.391 e. The molecule has 2 unspecified atom stereocenters. The van der Waals surface area contributed by atoms with Crippen molar-refractivity contribution < 1.29 is 18.3 Å². The van der Waals surface area contributed by atoms with Gasteiger partial charge in [0.2, 0.25) is 0 Å². The number of aliphatic hydroxyl groups is 1. The summed E-state index contributed by atoms with van der Waals surface area (Å²) in [5, 5.41) is 11.0. The number of hydrogen-bond donors (Lipinski definition) is 1. The number of alkyl halides is 3. The minimum Gasteiger partial charge on any atom is -0.390 e. The summed E-state index contributed by atoms with van der Waals surface area (Å²) < 4.78 is 38.5. The Labute approximate surface area is 121 Å². The van der Waals surface area contributed by atoms with E-state index in [1.165, 1.54) is 0 Å². The summed E-state index contributed by atoms with van der Waals surface area (Å²) in [6, 6.07) is 5.41. The van der Waals surface area contributed by atoms with Crippen molar-refractivity contribution in [1.29, 1.82) is 0 Å². The van der Waals surface area contributed by atoms with Gasteiger partial charge in [-0.05, 0) is 49.8 Å². The molecular weight excluding hydrogens is 289 g/mol. The minimum atomic E-state index is -4.23. The van der Waals surface area contributed by atoms with Crippen LogP contribution in [0.1, 0.15) is 36.8 Å². The number of hydrogen-bond acceptors (Lipinski definition) is 1. The topological polar surface area (TPSA) is 20.2 Å². The van der Waals surface area contributed by atoms with Crippen LogP contribution in [0.15, 0.2) is 18.2 Å². The monoisotopic (exact) mass is 306 g/mol. The van der Waals surface area contributed by atoms with Crippen LogP contribution in [0.3, 0.4) is 0 Å². The van der Waals surface area contributed by atoms with Gasteiger partial charge in [0.15, 0.2) is 0 Å². The predicted octanol–water partition coefficient (Wildman–Crippen LogP) is 4.67. The smallest absolute Gasteiger partial charge is 0.390 e. The van der Waals surface area contributed by atoms with E-state index in [1.807, 2.05) is 13.0 Å². The zero-order valence-corrected chi connectivity index (χ0v) is 12.1. The van der Waals surface area contributed by atoms with Crippen LogP contribution >= 0.6 is 11.6 Å². The fraction of sp³-hybridized carbons (Fsp3) is 0.600. The molecule has 0 radical (unpaired) electrons. The summed E-state index contributed by atoms with van der Waals surface area (Å²) in [4.78, 5) is 0. The number of rotatable bonds is 2. The molecule has 1 saturated carbocycles. The van der Waals surface area contributed by atoms with Crippen molar-refractivity contribution in [2.24, 2.45) is 5.92 Å². The molecule has 0 aliphatic heterocycles. The van der Waals surface area contributed by atoms with Gasteiger partial charge >= 0.3 is 6.18 Å². The van der Waals surface area contributed by atoms with E-state index in [0.29, 0.717) is 23.4 Å². The van der Waals surface area contributed by atoms with E-state index in [-0.39, 0.29) is 19.3 Å². The van der Waals surface area contributed by atoms with Gasteiger partial charge < -0.3 is 5.11 Å². The second-order valence-corrected chi connectivity index (χ2v) is 6.24. The molecule has 1 aliphatic rings. The first-order valence-electron chi connectivity index (χ1n) is 6.74. The Bertz CT molecular complexity index is 486. The third kappa shape index (κ3) is 3.67. The van der Waals surface area contributed by atoms with Gasteiger partial charge in [0.25, 0.3) is 0 Å². The lowest BCUT2D eigenvalue weighted by Gasteiger charge is -2.38. The normalized spacial score (nSPS) is 27.6. The summed E-state index contributed by atoms with van der Waals surface area (Å²) in [5.74, 6) is -1.41. The van der Waals surface area contributed by atoms with Gasteiger partial charge in [-0.25, -0.2) is 0 Å². The van der Waals surface area contributed by atoms with Gasteiger partial charge in [0, 0.05) is 11.4 Å². The maximum absolute atomic E-state index is 12.8. The molecule has 1 fully saturated rings. The molecule has 0 aromatic heterocycles. The SMILES string of the molecule is Cc1ccc(CC2(O)CCCC(C(F)(F)F)C2)c(Cl)c1. The molecule has 2 rings (SSSR count). The molecule has 1 nitrogen and oxygen atoms in total. The first kappa shape index (κ1) is 15.6. The number of halogens is 4. The Morgan fingerprint density at radius 1 is 1.40 bits per heavy atom. The van der Waals surface area contributed by atoms with Gasteiger partial charge in [-0.15, -0.1) is 0 Å². The summed E-state index contributed by atoms with van der Waals surface area (Å²) in [6.45, 7) is 1.89. The van der Waals surface area contributed by atoms with E-state index in [4.69, 9.17) is 11.6 Å². The highest BCUT2D eigenvalue weighted by atomic mass is 35.5. The molecule has 20 heavy (non-hydrogen) atoms. The van der Waals surface area contributed by atoms with Crippen molar-refractivity contribution in [3.05, 3.63) is 34.3 Å². The fourth-order valence-electron chi connectivity index (χ4n) is 2.93. The van der Waals surface area contributed by atoms with Crippen LogP contribution in [0, 0.1) is 12.8 Å². The molecule has 1 aromatic carbocycles. The Kier molecular flexibility index (Phi) is 4.35. The average Bonchev–Trinajstić information content (AvgIpc) is 2.32. The summed E-state index contributed by atoms with van der Waals surface area (Å²) in [7, 11) is 0. The lowest BCUT2D eigenvalue weighted by Crippen LogP contribution is -2.42. The van der Waals surface area contributed by atoms with Crippen molar-refractivity contribution in [3.63, 3.8) is 0 Å². The zero-order chi connectivity index (χ0) is 15.0. The van der Waals surface area contributed by atoms with Crippen LogP contribution in [0.5, 0.6) is 0 Å². The molecule has 0 heterocycles. The lowest BCUT2D eigenvalue weighted by atomic mass is 9.75. The molecule has 1 aromatic rings. The van der Waals surface area contributed by atoms with Gasteiger partial charge in [-0.2, -0.15) is 13.2 Å². The van der Waals surface area contributed by atoms with Crippen molar-refractivity contribution in [2.45, 2.75) is 50.8 Å². The zero-order valence-electron chi connectivity index (χ0n) is 11.3. The first-order chi connectivity index (χ1) is 9.20. The standard InChI is InChI=1S/C15H18ClF3O/c1-10-4-5-11(13(16)7-10)8-14(20)6-2-3-12(9-14)15(17,18)19/h4-5,7,12,20H,2-3,6,8-9H2,1H3. The number of benzene rings is 1. The summed E-state index contributed by atoms with van der Waals surface area (Å²) in [5.41, 5.74) is 0.391. The predicted molar refractivity (Wildman–Crippen MR) is 72.9 cm³/mol. The van der Waals surface area contributed by atoms with Crippen LogP contribution in [0.4, 0.5) is 13.2 Å². The molecule has 0 saturated heterocycles. The average molecular weight is 307 g/mol. The Morgan fingerprint density at radius 2 is 2.10 bits per heavy atom. The van der Waals surface area contributed by atoms with Crippen LogP contribution in [0.2, 0.25) is 5.02 Å². The Balaban J connectivity index is 2.14. The lowest BCUT2D eigenvalue weighted by molar-refractivity contribution is -0.200. The van der Waals surface area contributed by atoms with E-state index in [9.17, 15) is 18.3 Å². The van der Waals surface area contributed by atoms with Crippen molar-refractivity contribution in [2.75, 3.05) is 0 Å². The molecule has 0 bridgehead atoms. The highest BCUT2D eigenvalue weighted by Gasteiger charge is 2.46. The second kappa shape index (κ2) is 5.57. The van der Waals surface area contributed by atoms with E-state index in [0.717, 1.165) is 5.56 Å². The molecular formula is C15H18ClF3O. The minimum absolute atomic E-state index is 0.105. The van der Waals surface area contributed by atoms with Crippen LogP contribution in [0.25, 0.3) is 0 Å². The highest BCUT2D eigenvalue weighted by Crippen LogP contribution is 2.43. The van der Waals surface area contributed by atoms with E-state index in [2.05, 4.69) is 0 Å². The molecule has 2 atom stereocenters. The third-order valence-corrected chi connectivity index (χ3v) is 4.36. The van der Waals surface area contributed by atoms with E-state index >= 15 is 0 Å². The van der Waals surface area contributed by atoms with Gasteiger partial charge in [-0.3, -0.25) is 0 Å². The van der Waals surface area contributed by atoms with Crippen molar-refractivity contribution in [1.82, 2.24) is 0 Å². The fourth-order valence-corrected chi connectivity index (χ4v) is 3.23. The third-order valence-electron chi connectivity index (χ3n) is 4.01. The van der Waals surface area contributed by atoms with Gasteiger partial charge in [0.1, 0.15) is 0 Å². The molecule has 1 aliphatic carbocycles. The largest absolute Gasteiger partial charge is 0.391 e. The molecule has 112 valence electrons. The van der Waals surface area contributed by atoms with Crippen LogP contribution < -0.4 is 0 Å². The molecule has 0 spiro atoms. The van der Waals surface area contributed by atoms with E-state index < -0.39 is 17.7 Å². The molecule has 0 amide bonds. The number of aryl methyl sites for hydroxylation is 1. The summed E-state index contributed by atoms with van der Waals surface area (Å²) >= 11 is 6.10. The molecule has 5 heteroatoms.